The Morgan fingerprint density at radius 3 is 2.05 bits per heavy atom. The van der Waals surface area contributed by atoms with Gasteiger partial charge in [0.05, 0.1) is 10.5 Å². The molecule has 2 aromatic rings. The van der Waals surface area contributed by atoms with Crippen LogP contribution in [0.15, 0.2) is 56.3 Å². The molecule has 1 atom stereocenters. The minimum atomic E-state index is -3.75. The SMILES string of the molecule is [C-]#[N+][C@@H](c1cc(Br)cc(Br)c1)S(=O)(=O)c1ccc(C)cc1. The molecule has 0 fully saturated rings. The molecule has 0 bridgehead atoms. The fourth-order valence-electron chi connectivity index (χ4n) is 1.90. The topological polar surface area (TPSA) is 38.5 Å². The minimum absolute atomic E-state index is 0.158. The zero-order valence-corrected chi connectivity index (χ0v) is 15.0. The molecule has 0 aliphatic rings. The van der Waals surface area contributed by atoms with E-state index < -0.39 is 15.2 Å². The minimum Gasteiger partial charge on any atom is -0.291 e. The van der Waals surface area contributed by atoms with E-state index >= 15 is 0 Å². The number of hydrogen-bond donors (Lipinski definition) is 0. The second-order valence-corrected chi connectivity index (χ2v) is 8.38. The Kier molecular flexibility index (Phi) is 4.87. The molecule has 0 aliphatic carbocycles. The molecule has 0 saturated heterocycles. The van der Waals surface area contributed by atoms with Gasteiger partial charge in [0.15, 0.2) is 0 Å². The molecule has 2 aromatic carbocycles. The van der Waals surface area contributed by atoms with Crippen LogP contribution in [0.25, 0.3) is 4.85 Å². The maximum Gasteiger partial charge on any atom is 0.350 e. The summed E-state index contributed by atoms with van der Waals surface area (Å²) in [6, 6.07) is 11.6. The van der Waals surface area contributed by atoms with Crippen molar-refractivity contribution < 1.29 is 8.42 Å². The lowest BCUT2D eigenvalue weighted by Crippen LogP contribution is -2.10. The first kappa shape index (κ1) is 16.2. The van der Waals surface area contributed by atoms with Crippen LogP contribution in [0.2, 0.25) is 0 Å². The second kappa shape index (κ2) is 6.30. The van der Waals surface area contributed by atoms with Crippen molar-refractivity contribution in [1.82, 2.24) is 0 Å². The van der Waals surface area contributed by atoms with Gasteiger partial charge in [-0.25, -0.2) is 15.0 Å². The van der Waals surface area contributed by atoms with Crippen molar-refractivity contribution in [2.45, 2.75) is 17.2 Å². The third-order valence-corrected chi connectivity index (χ3v) is 5.74. The average molecular weight is 429 g/mol. The first-order valence-electron chi connectivity index (χ1n) is 5.98. The van der Waals surface area contributed by atoms with Gasteiger partial charge >= 0.3 is 5.37 Å². The number of nitrogens with zero attached hydrogens (tertiary/aromatic N) is 1. The van der Waals surface area contributed by atoms with Gasteiger partial charge in [-0.05, 0) is 37.3 Å². The summed E-state index contributed by atoms with van der Waals surface area (Å²) in [5, 5.41) is -1.26. The predicted molar refractivity (Wildman–Crippen MR) is 89.5 cm³/mol. The average Bonchev–Trinajstić information content (AvgIpc) is 2.38. The van der Waals surface area contributed by atoms with E-state index in [1.54, 1.807) is 30.3 Å². The van der Waals surface area contributed by atoms with Gasteiger partial charge in [0.1, 0.15) is 0 Å². The van der Waals surface area contributed by atoms with Gasteiger partial charge in [-0.3, -0.25) is 4.85 Å². The zero-order chi connectivity index (χ0) is 15.6. The number of sulfone groups is 1. The molecule has 0 unspecified atom stereocenters. The molecule has 0 spiro atoms. The van der Waals surface area contributed by atoms with Crippen LogP contribution in [0.1, 0.15) is 16.5 Å². The van der Waals surface area contributed by atoms with E-state index in [0.717, 1.165) is 14.5 Å². The Labute approximate surface area is 141 Å². The molecule has 0 saturated carbocycles. The van der Waals surface area contributed by atoms with Crippen molar-refractivity contribution in [1.29, 1.82) is 0 Å². The van der Waals surface area contributed by atoms with E-state index in [4.69, 9.17) is 6.57 Å². The molecule has 2 rings (SSSR count). The van der Waals surface area contributed by atoms with Crippen molar-refractivity contribution in [3.05, 3.63) is 74.0 Å². The lowest BCUT2D eigenvalue weighted by atomic mass is 10.2. The quantitative estimate of drug-likeness (QED) is 0.651. The van der Waals surface area contributed by atoms with E-state index in [1.807, 2.05) is 6.92 Å². The number of aryl methyl sites for hydroxylation is 1. The Balaban J connectivity index is 2.55. The van der Waals surface area contributed by atoms with Crippen LogP contribution in [0.3, 0.4) is 0 Å². The van der Waals surface area contributed by atoms with E-state index in [1.165, 1.54) is 12.1 Å². The van der Waals surface area contributed by atoms with Gasteiger partial charge < -0.3 is 0 Å². The Morgan fingerprint density at radius 1 is 1.05 bits per heavy atom. The van der Waals surface area contributed by atoms with Gasteiger partial charge in [0.25, 0.3) is 9.84 Å². The van der Waals surface area contributed by atoms with Gasteiger partial charge in [0.2, 0.25) is 0 Å². The molecule has 0 amide bonds. The van der Waals surface area contributed by atoms with E-state index in [-0.39, 0.29) is 4.90 Å². The molecule has 3 nitrogen and oxygen atoms in total. The maximum absolute atomic E-state index is 12.7. The van der Waals surface area contributed by atoms with Crippen LogP contribution in [-0.4, -0.2) is 8.42 Å². The summed E-state index contributed by atoms with van der Waals surface area (Å²) >= 11 is 6.63. The smallest absolute Gasteiger partial charge is 0.291 e. The molecular formula is C15H11Br2NO2S. The highest BCUT2D eigenvalue weighted by molar-refractivity contribution is 9.11. The van der Waals surface area contributed by atoms with Crippen molar-refractivity contribution in [2.75, 3.05) is 0 Å². The summed E-state index contributed by atoms with van der Waals surface area (Å²) in [5.41, 5.74) is 1.41. The standard InChI is InChI=1S/C15H11Br2NO2S/c1-10-3-5-14(6-4-10)21(19,20)15(18-2)11-7-12(16)9-13(17)8-11/h3-9,15H,1H3/t15-/m1/s1. The monoisotopic (exact) mass is 427 g/mol. The Hall–Kier alpha value is -1.16. The van der Waals surface area contributed by atoms with Gasteiger partial charge in [-0.2, -0.15) is 0 Å². The summed E-state index contributed by atoms with van der Waals surface area (Å²) in [4.78, 5) is 3.49. The fraction of sp³-hybridized carbons (Fsp3) is 0.133. The number of benzene rings is 2. The zero-order valence-electron chi connectivity index (χ0n) is 11.0. The van der Waals surface area contributed by atoms with Crippen molar-refractivity contribution in [3.8, 4) is 0 Å². The van der Waals surface area contributed by atoms with E-state index in [9.17, 15) is 8.42 Å². The molecule has 6 heteroatoms. The third-order valence-electron chi connectivity index (χ3n) is 2.93. The number of rotatable bonds is 3. The van der Waals surface area contributed by atoms with Crippen LogP contribution in [0, 0.1) is 13.5 Å². The Morgan fingerprint density at radius 2 is 1.57 bits per heavy atom. The first-order chi connectivity index (χ1) is 9.84. The van der Waals surface area contributed by atoms with E-state index in [2.05, 4.69) is 36.7 Å². The summed E-state index contributed by atoms with van der Waals surface area (Å²) in [6.07, 6.45) is 0. The second-order valence-electron chi connectivity index (χ2n) is 4.54. The summed E-state index contributed by atoms with van der Waals surface area (Å²) < 4.78 is 26.8. The summed E-state index contributed by atoms with van der Waals surface area (Å²) in [6.45, 7) is 9.18. The van der Waals surface area contributed by atoms with Crippen molar-refractivity contribution in [2.24, 2.45) is 0 Å². The first-order valence-corrected chi connectivity index (χ1v) is 9.11. The summed E-state index contributed by atoms with van der Waals surface area (Å²) in [7, 11) is -3.75. The highest BCUT2D eigenvalue weighted by Crippen LogP contribution is 2.33. The van der Waals surface area contributed by atoms with E-state index in [0.29, 0.717) is 5.56 Å². The molecular weight excluding hydrogens is 418 g/mol. The largest absolute Gasteiger partial charge is 0.350 e. The predicted octanol–water partition coefficient (Wildman–Crippen LogP) is 4.91. The van der Waals surface area contributed by atoms with Crippen LogP contribution in [0.4, 0.5) is 0 Å². The summed E-state index contributed by atoms with van der Waals surface area (Å²) in [5.74, 6) is 0. The number of hydrogen-bond acceptors (Lipinski definition) is 2. The van der Waals surface area contributed by atoms with Crippen LogP contribution >= 0.6 is 31.9 Å². The lowest BCUT2D eigenvalue weighted by Gasteiger charge is -2.09. The molecule has 0 heterocycles. The number of halogens is 2. The molecule has 21 heavy (non-hydrogen) atoms. The van der Waals surface area contributed by atoms with Gasteiger partial charge in [0, 0.05) is 8.95 Å². The molecule has 108 valence electrons. The van der Waals surface area contributed by atoms with Crippen LogP contribution in [-0.2, 0) is 9.84 Å². The maximum atomic E-state index is 12.7. The molecule has 0 aromatic heterocycles. The van der Waals surface area contributed by atoms with Crippen LogP contribution < -0.4 is 0 Å². The molecule has 0 radical (unpaired) electrons. The highest BCUT2D eigenvalue weighted by Gasteiger charge is 2.34. The fourth-order valence-corrected chi connectivity index (χ4v) is 4.63. The molecule has 0 N–H and O–H groups in total. The van der Waals surface area contributed by atoms with Gasteiger partial charge in [-0.15, -0.1) is 0 Å². The molecule has 0 aliphatic heterocycles. The van der Waals surface area contributed by atoms with Crippen molar-refractivity contribution >= 4 is 41.7 Å². The normalized spacial score (nSPS) is 12.7. The third kappa shape index (κ3) is 3.54. The van der Waals surface area contributed by atoms with Crippen molar-refractivity contribution in [3.63, 3.8) is 0 Å². The Bertz CT molecular complexity index is 788. The lowest BCUT2D eigenvalue weighted by molar-refractivity contribution is 0.590. The highest BCUT2D eigenvalue weighted by atomic mass is 79.9. The van der Waals surface area contributed by atoms with Gasteiger partial charge in [-0.1, -0.05) is 49.6 Å². The van der Waals surface area contributed by atoms with Crippen LogP contribution in [0.5, 0.6) is 0 Å².